The number of carbonyl (C=O) groups excluding carboxylic acids is 1. The molecule has 31 heavy (non-hydrogen) atoms. The van der Waals surface area contributed by atoms with Gasteiger partial charge in [-0.05, 0) is 96.8 Å². The zero-order valence-corrected chi connectivity index (χ0v) is 21.3. The van der Waals surface area contributed by atoms with Gasteiger partial charge >= 0.3 is 6.03 Å². The third kappa shape index (κ3) is 5.49. The van der Waals surface area contributed by atoms with E-state index in [2.05, 4.69) is 57.5 Å². The molecule has 2 N–H and O–H groups in total. The Bertz CT molecular complexity index is 907. The van der Waals surface area contributed by atoms with Crippen LogP contribution in [0.15, 0.2) is 42.5 Å². The highest BCUT2D eigenvalue weighted by Gasteiger charge is 2.46. The van der Waals surface area contributed by atoms with Gasteiger partial charge in [-0.15, -0.1) is 0 Å². The van der Waals surface area contributed by atoms with Crippen LogP contribution >= 0.6 is 45.8 Å². The molecular formula is C24H28Cl2IN3O. The highest BCUT2D eigenvalue weighted by atomic mass is 127. The van der Waals surface area contributed by atoms with Crippen molar-refractivity contribution in [3.63, 3.8) is 0 Å². The Hall–Kier alpha value is -1.02. The van der Waals surface area contributed by atoms with Crippen molar-refractivity contribution in [2.45, 2.75) is 43.6 Å². The van der Waals surface area contributed by atoms with Gasteiger partial charge in [-0.1, -0.05) is 48.2 Å². The van der Waals surface area contributed by atoms with Crippen molar-refractivity contribution >= 4 is 57.5 Å². The average molecular weight is 572 g/mol. The average Bonchev–Trinajstić information content (AvgIpc) is 3.56. The van der Waals surface area contributed by atoms with Crippen LogP contribution in [0.4, 0.5) is 10.5 Å². The minimum absolute atomic E-state index is 0.0593. The summed E-state index contributed by atoms with van der Waals surface area (Å²) < 4.78 is 1.23. The topological polar surface area (TPSA) is 44.4 Å². The number of piperidine rings is 1. The zero-order chi connectivity index (χ0) is 22.0. The molecule has 1 atom stereocenters. The number of nitrogens with one attached hydrogen (secondary N) is 2. The third-order valence-electron chi connectivity index (χ3n) is 6.71. The molecular weight excluding hydrogens is 544 g/mol. The molecule has 1 heterocycles. The summed E-state index contributed by atoms with van der Waals surface area (Å²) in [4.78, 5) is 15.3. The van der Waals surface area contributed by atoms with Gasteiger partial charge in [0, 0.05) is 37.8 Å². The third-order valence-corrected chi connectivity index (χ3v) is 7.86. The molecule has 2 aromatic carbocycles. The highest BCUT2D eigenvalue weighted by Crippen LogP contribution is 2.45. The van der Waals surface area contributed by atoms with Gasteiger partial charge in [-0.2, -0.15) is 0 Å². The van der Waals surface area contributed by atoms with E-state index in [9.17, 15) is 4.79 Å². The monoisotopic (exact) mass is 571 g/mol. The number of hydrogen-bond acceptors (Lipinski definition) is 2. The smallest absolute Gasteiger partial charge is 0.321 e. The summed E-state index contributed by atoms with van der Waals surface area (Å²) >= 11 is 14.6. The fourth-order valence-corrected chi connectivity index (χ4v) is 5.76. The molecule has 0 bridgehead atoms. The molecule has 1 saturated carbocycles. The first-order valence-electron chi connectivity index (χ1n) is 10.8. The number of rotatable bonds is 6. The Morgan fingerprint density at radius 1 is 1.16 bits per heavy atom. The number of amides is 2. The van der Waals surface area contributed by atoms with Crippen LogP contribution in [-0.2, 0) is 5.41 Å². The number of urea groups is 1. The lowest BCUT2D eigenvalue weighted by molar-refractivity contribution is 0.123. The van der Waals surface area contributed by atoms with Crippen molar-refractivity contribution in [2.75, 3.05) is 25.5 Å². The Morgan fingerprint density at radius 2 is 1.77 bits per heavy atom. The maximum absolute atomic E-state index is 13.4. The summed E-state index contributed by atoms with van der Waals surface area (Å²) in [6, 6.07) is 14.0. The van der Waals surface area contributed by atoms with Crippen LogP contribution < -0.4 is 10.6 Å². The van der Waals surface area contributed by atoms with E-state index in [4.69, 9.17) is 23.2 Å². The van der Waals surface area contributed by atoms with E-state index in [1.165, 1.54) is 22.0 Å². The van der Waals surface area contributed by atoms with Crippen LogP contribution in [0.1, 0.15) is 37.7 Å². The molecule has 1 aliphatic carbocycles. The summed E-state index contributed by atoms with van der Waals surface area (Å²) in [5, 5.41) is 7.55. The number of likely N-dealkylation sites (N-methyl/N-ethyl adjacent to an activating group) is 1. The summed E-state index contributed by atoms with van der Waals surface area (Å²) in [7, 11) is 1.94. The number of anilines is 1. The van der Waals surface area contributed by atoms with E-state index in [0.29, 0.717) is 21.7 Å². The van der Waals surface area contributed by atoms with Crippen molar-refractivity contribution in [2.24, 2.45) is 5.92 Å². The summed E-state index contributed by atoms with van der Waals surface area (Å²) in [5.41, 5.74) is 1.90. The second kappa shape index (κ2) is 9.86. The minimum Gasteiger partial charge on any atom is -0.324 e. The predicted molar refractivity (Wildman–Crippen MR) is 137 cm³/mol. The Morgan fingerprint density at radius 3 is 2.35 bits per heavy atom. The molecule has 0 aromatic heterocycles. The molecule has 2 amide bonds. The molecule has 4 nitrogen and oxygen atoms in total. The maximum Gasteiger partial charge on any atom is 0.321 e. The molecule has 1 saturated heterocycles. The first kappa shape index (κ1) is 23.1. The molecule has 0 radical (unpaired) electrons. The molecule has 2 aromatic rings. The molecule has 1 aliphatic heterocycles. The van der Waals surface area contributed by atoms with Crippen LogP contribution in [0.2, 0.25) is 10.0 Å². The van der Waals surface area contributed by atoms with Crippen LogP contribution in [-0.4, -0.2) is 37.1 Å². The molecule has 2 aliphatic rings. The predicted octanol–water partition coefficient (Wildman–Crippen LogP) is 6.55. The first-order valence-corrected chi connectivity index (χ1v) is 12.7. The lowest BCUT2D eigenvalue weighted by Crippen LogP contribution is -2.56. The van der Waals surface area contributed by atoms with E-state index < -0.39 is 0 Å². The fourth-order valence-electron chi connectivity index (χ4n) is 4.87. The number of hydrogen-bond donors (Lipinski definition) is 2. The van der Waals surface area contributed by atoms with Gasteiger partial charge in [0.1, 0.15) is 0 Å². The molecule has 2 fully saturated rings. The van der Waals surface area contributed by atoms with E-state index in [1.807, 2.05) is 11.9 Å². The van der Waals surface area contributed by atoms with Gasteiger partial charge in [0.15, 0.2) is 0 Å². The number of carbonyl (C=O) groups is 1. The van der Waals surface area contributed by atoms with Crippen molar-refractivity contribution in [3.05, 3.63) is 61.6 Å². The summed E-state index contributed by atoms with van der Waals surface area (Å²) in [5.74, 6) is 0.705. The highest BCUT2D eigenvalue weighted by molar-refractivity contribution is 14.1. The quantitative estimate of drug-likeness (QED) is 0.386. The molecule has 7 heteroatoms. The van der Waals surface area contributed by atoms with E-state index in [-0.39, 0.29) is 17.5 Å². The van der Waals surface area contributed by atoms with Crippen molar-refractivity contribution < 1.29 is 4.79 Å². The number of nitrogens with zero attached hydrogens (tertiary/aromatic N) is 1. The normalized spacial score (nSPS) is 19.0. The molecule has 0 spiro atoms. The van der Waals surface area contributed by atoms with E-state index >= 15 is 0 Å². The molecule has 166 valence electrons. The van der Waals surface area contributed by atoms with Gasteiger partial charge in [0.2, 0.25) is 0 Å². The van der Waals surface area contributed by atoms with Crippen molar-refractivity contribution in [1.82, 2.24) is 10.2 Å². The van der Waals surface area contributed by atoms with E-state index in [0.717, 1.165) is 32.4 Å². The lowest BCUT2D eigenvalue weighted by atomic mass is 9.66. The molecule has 4 rings (SSSR count). The number of halogens is 3. The largest absolute Gasteiger partial charge is 0.324 e. The minimum atomic E-state index is -0.118. The molecule has 1 unspecified atom stereocenters. The van der Waals surface area contributed by atoms with Crippen LogP contribution in [0, 0.1) is 9.49 Å². The first-order chi connectivity index (χ1) is 14.9. The van der Waals surface area contributed by atoms with Crippen LogP contribution in [0.3, 0.4) is 0 Å². The van der Waals surface area contributed by atoms with Crippen molar-refractivity contribution in [1.29, 1.82) is 0 Å². The standard InChI is InChI=1S/C24H28Cl2IN3O/c1-30(23(31)29-21-14-18(25)13-19(26)15-21)22(12-16-2-3-16)24(8-10-28-11-9-24)17-4-6-20(27)7-5-17/h4-7,13-16,22,28H,2-3,8-12H2,1H3,(H,29,31). The lowest BCUT2D eigenvalue weighted by Gasteiger charge is -2.48. The van der Waals surface area contributed by atoms with E-state index in [1.54, 1.807) is 18.2 Å². The van der Waals surface area contributed by atoms with Gasteiger partial charge < -0.3 is 15.5 Å². The maximum atomic E-state index is 13.4. The van der Waals surface area contributed by atoms with Crippen molar-refractivity contribution in [3.8, 4) is 0 Å². The van der Waals surface area contributed by atoms with Gasteiger partial charge in [0.25, 0.3) is 0 Å². The summed E-state index contributed by atoms with van der Waals surface area (Å²) in [6.07, 6.45) is 5.59. The van der Waals surface area contributed by atoms with Crippen LogP contribution in [0.25, 0.3) is 0 Å². The SMILES string of the molecule is CN(C(=O)Nc1cc(Cl)cc(Cl)c1)C(CC1CC1)C1(c2ccc(I)cc2)CCNCC1. The Kier molecular flexibility index (Phi) is 7.36. The van der Waals surface area contributed by atoms with Gasteiger partial charge in [-0.25, -0.2) is 4.79 Å². The fraction of sp³-hybridized carbons (Fsp3) is 0.458. The van der Waals surface area contributed by atoms with Gasteiger partial charge in [0.05, 0.1) is 0 Å². The second-order valence-electron chi connectivity index (χ2n) is 8.81. The zero-order valence-electron chi connectivity index (χ0n) is 17.6. The van der Waals surface area contributed by atoms with Gasteiger partial charge in [-0.3, -0.25) is 0 Å². The number of benzene rings is 2. The van der Waals surface area contributed by atoms with Crippen LogP contribution in [0.5, 0.6) is 0 Å². The second-order valence-corrected chi connectivity index (χ2v) is 10.9. The summed E-state index contributed by atoms with van der Waals surface area (Å²) in [6.45, 7) is 1.93. The Balaban J connectivity index is 1.65. The Labute approximate surface area is 208 Å².